The Morgan fingerprint density at radius 3 is 2.67 bits per heavy atom. The van der Waals surface area contributed by atoms with Crippen LogP contribution in [0.3, 0.4) is 0 Å². The highest BCUT2D eigenvalue weighted by Crippen LogP contribution is 2.29. The van der Waals surface area contributed by atoms with E-state index in [1.807, 2.05) is 13.0 Å². The molecule has 1 aromatic carbocycles. The molecule has 1 aliphatic heterocycles. The molecule has 9 nitrogen and oxygen atoms in total. The zero-order valence-electron chi connectivity index (χ0n) is 20.5. The summed E-state index contributed by atoms with van der Waals surface area (Å²) < 4.78 is 18.3. The summed E-state index contributed by atoms with van der Waals surface area (Å²) in [5, 5.41) is 12.0. The topological polar surface area (TPSA) is 90.7 Å². The van der Waals surface area contributed by atoms with Gasteiger partial charge in [0.05, 0.1) is 19.8 Å². The van der Waals surface area contributed by atoms with Gasteiger partial charge in [-0.2, -0.15) is 0 Å². The predicted octanol–water partition coefficient (Wildman–Crippen LogP) is 2.59. The molecule has 0 radical (unpaired) electrons. The number of aromatic nitrogens is 3. The molecule has 1 N–H and O–H groups in total. The molecule has 0 saturated heterocycles. The monoisotopic (exact) mass is 459 g/mol. The van der Waals surface area contributed by atoms with E-state index < -0.39 is 0 Å². The fourth-order valence-corrected chi connectivity index (χ4v) is 4.22. The van der Waals surface area contributed by atoms with Crippen LogP contribution in [-0.2, 0) is 29.0 Å². The number of methoxy groups -OCH3 is 2. The third-order valence-corrected chi connectivity index (χ3v) is 5.71. The Hall–Kier alpha value is -2.65. The van der Waals surface area contributed by atoms with Crippen molar-refractivity contribution in [3.05, 3.63) is 35.4 Å². The van der Waals surface area contributed by atoms with Gasteiger partial charge in [-0.05, 0) is 37.0 Å². The lowest BCUT2D eigenvalue weighted by Gasteiger charge is -2.22. The molecule has 3 rings (SSSR count). The van der Waals surface area contributed by atoms with E-state index in [1.54, 1.807) is 7.11 Å². The fraction of sp³-hybridized carbons (Fsp3) is 0.625. The third-order valence-electron chi connectivity index (χ3n) is 5.71. The first kappa shape index (κ1) is 25.0. The first-order valence-electron chi connectivity index (χ1n) is 11.7. The van der Waals surface area contributed by atoms with Gasteiger partial charge in [-0.1, -0.05) is 19.9 Å². The average Bonchev–Trinajstić information content (AvgIpc) is 3.08. The van der Waals surface area contributed by atoms with Crippen molar-refractivity contribution in [2.24, 2.45) is 5.92 Å². The van der Waals surface area contributed by atoms with Gasteiger partial charge < -0.3 is 24.1 Å². The quantitative estimate of drug-likeness (QED) is 0.552. The number of fused-ring (bicyclic) bond motifs is 1. The summed E-state index contributed by atoms with van der Waals surface area (Å²) in [6.07, 6.45) is 1.60. The van der Waals surface area contributed by atoms with Crippen LogP contribution >= 0.6 is 0 Å². The SMILES string of the molecule is CCOc1cc(CN2CCc3nnc([C@@H](CC(C)C)NC(=O)COC)n3CC2)ccc1OC. The molecule has 1 atom stereocenters. The van der Waals surface area contributed by atoms with E-state index in [9.17, 15) is 4.79 Å². The number of amides is 1. The van der Waals surface area contributed by atoms with Crippen molar-refractivity contribution in [2.75, 3.05) is 40.5 Å². The van der Waals surface area contributed by atoms with Crippen LogP contribution in [0.5, 0.6) is 11.5 Å². The first-order valence-corrected chi connectivity index (χ1v) is 11.7. The molecule has 0 fully saturated rings. The summed E-state index contributed by atoms with van der Waals surface area (Å²) in [4.78, 5) is 14.6. The van der Waals surface area contributed by atoms with Crippen molar-refractivity contribution in [1.29, 1.82) is 0 Å². The molecule has 0 unspecified atom stereocenters. The molecule has 1 amide bonds. The second-order valence-electron chi connectivity index (χ2n) is 8.75. The predicted molar refractivity (Wildman–Crippen MR) is 125 cm³/mol. The van der Waals surface area contributed by atoms with Gasteiger partial charge in [0.25, 0.3) is 0 Å². The second kappa shape index (κ2) is 12.0. The Morgan fingerprint density at radius 2 is 1.97 bits per heavy atom. The van der Waals surface area contributed by atoms with Crippen molar-refractivity contribution in [3.63, 3.8) is 0 Å². The fourth-order valence-electron chi connectivity index (χ4n) is 4.22. The van der Waals surface area contributed by atoms with E-state index in [0.29, 0.717) is 12.5 Å². The number of hydrogen-bond acceptors (Lipinski definition) is 7. The Bertz CT molecular complexity index is 914. The van der Waals surface area contributed by atoms with Crippen molar-refractivity contribution in [2.45, 2.75) is 52.7 Å². The highest BCUT2D eigenvalue weighted by atomic mass is 16.5. The van der Waals surface area contributed by atoms with Crippen LogP contribution in [0.4, 0.5) is 0 Å². The molecule has 2 heterocycles. The lowest BCUT2D eigenvalue weighted by Crippen LogP contribution is -2.34. The minimum Gasteiger partial charge on any atom is -0.493 e. The Kier molecular flexibility index (Phi) is 9.08. The van der Waals surface area contributed by atoms with Crippen molar-refractivity contribution < 1.29 is 19.0 Å². The van der Waals surface area contributed by atoms with Gasteiger partial charge in [-0.3, -0.25) is 9.69 Å². The first-order chi connectivity index (χ1) is 15.9. The minimum atomic E-state index is -0.184. The molecule has 0 bridgehead atoms. The van der Waals surface area contributed by atoms with E-state index >= 15 is 0 Å². The standard InChI is InChI=1S/C24H37N5O4/c1-6-33-21-14-18(7-8-20(21)32-5)15-28-10-9-22-26-27-24(29(22)12-11-28)19(13-17(2)3)25-23(30)16-31-4/h7-8,14,17,19H,6,9-13,15-16H2,1-5H3,(H,25,30)/t19-/m1/s1. The Morgan fingerprint density at radius 1 is 1.15 bits per heavy atom. The molecule has 0 saturated carbocycles. The summed E-state index contributed by atoms with van der Waals surface area (Å²) >= 11 is 0. The molecule has 2 aromatic rings. The minimum absolute atomic E-state index is 0.0367. The summed E-state index contributed by atoms with van der Waals surface area (Å²) in [7, 11) is 3.18. The van der Waals surface area contributed by atoms with Crippen LogP contribution in [0.15, 0.2) is 18.2 Å². The summed E-state index contributed by atoms with van der Waals surface area (Å²) in [5.74, 6) is 3.58. The van der Waals surface area contributed by atoms with E-state index in [0.717, 1.165) is 62.2 Å². The molecule has 1 aromatic heterocycles. The van der Waals surface area contributed by atoms with Crippen LogP contribution in [0, 0.1) is 5.92 Å². The lowest BCUT2D eigenvalue weighted by atomic mass is 10.0. The maximum absolute atomic E-state index is 12.2. The molecular formula is C24H37N5O4. The normalized spacial score (nSPS) is 15.1. The number of ether oxygens (including phenoxy) is 3. The number of benzene rings is 1. The largest absolute Gasteiger partial charge is 0.493 e. The van der Waals surface area contributed by atoms with E-state index in [2.05, 4.69) is 51.0 Å². The zero-order chi connectivity index (χ0) is 23.8. The van der Waals surface area contributed by atoms with Gasteiger partial charge >= 0.3 is 0 Å². The number of carbonyl (C=O) groups is 1. The van der Waals surface area contributed by atoms with Crippen molar-refractivity contribution in [3.8, 4) is 11.5 Å². The highest BCUT2D eigenvalue weighted by Gasteiger charge is 2.26. The molecule has 1 aliphatic rings. The molecule has 182 valence electrons. The van der Waals surface area contributed by atoms with Crippen LogP contribution in [0.25, 0.3) is 0 Å². The number of nitrogens with zero attached hydrogens (tertiary/aromatic N) is 4. The Balaban J connectivity index is 1.71. The van der Waals surface area contributed by atoms with Crippen molar-refractivity contribution >= 4 is 5.91 Å². The zero-order valence-corrected chi connectivity index (χ0v) is 20.5. The number of carbonyl (C=O) groups excluding carboxylic acids is 1. The molecule has 9 heteroatoms. The second-order valence-corrected chi connectivity index (χ2v) is 8.75. The number of nitrogens with one attached hydrogen (secondary N) is 1. The van der Waals surface area contributed by atoms with E-state index in [-0.39, 0.29) is 18.6 Å². The Labute approximate surface area is 196 Å². The number of hydrogen-bond donors (Lipinski definition) is 1. The van der Waals surface area contributed by atoms with E-state index in [4.69, 9.17) is 14.2 Å². The van der Waals surface area contributed by atoms with Gasteiger partial charge in [0.15, 0.2) is 17.3 Å². The van der Waals surface area contributed by atoms with Crippen LogP contribution in [0.2, 0.25) is 0 Å². The van der Waals surface area contributed by atoms with Gasteiger partial charge in [-0.25, -0.2) is 0 Å². The van der Waals surface area contributed by atoms with Crippen LogP contribution in [0.1, 0.15) is 50.4 Å². The van der Waals surface area contributed by atoms with E-state index in [1.165, 1.54) is 12.7 Å². The average molecular weight is 460 g/mol. The summed E-state index contributed by atoms with van der Waals surface area (Å²) in [6, 6.07) is 5.92. The molecule has 0 aliphatic carbocycles. The lowest BCUT2D eigenvalue weighted by molar-refractivity contribution is -0.125. The number of rotatable bonds is 11. The van der Waals surface area contributed by atoms with Gasteiger partial charge in [-0.15, -0.1) is 10.2 Å². The van der Waals surface area contributed by atoms with Crippen molar-refractivity contribution in [1.82, 2.24) is 25.0 Å². The van der Waals surface area contributed by atoms with Gasteiger partial charge in [0, 0.05) is 39.7 Å². The molecule has 0 spiro atoms. The van der Waals surface area contributed by atoms with Crippen LogP contribution < -0.4 is 14.8 Å². The highest BCUT2D eigenvalue weighted by molar-refractivity contribution is 5.77. The maximum Gasteiger partial charge on any atom is 0.246 e. The van der Waals surface area contributed by atoms with Gasteiger partial charge in [0.1, 0.15) is 12.4 Å². The van der Waals surface area contributed by atoms with Gasteiger partial charge in [0.2, 0.25) is 5.91 Å². The smallest absolute Gasteiger partial charge is 0.246 e. The summed E-state index contributed by atoms with van der Waals surface area (Å²) in [5.41, 5.74) is 1.18. The maximum atomic E-state index is 12.2. The third kappa shape index (κ3) is 6.68. The molecular weight excluding hydrogens is 422 g/mol. The van der Waals surface area contributed by atoms with Crippen LogP contribution in [-0.4, -0.2) is 66.1 Å². The molecule has 33 heavy (non-hydrogen) atoms. The summed E-state index contributed by atoms with van der Waals surface area (Å²) in [6.45, 7) is 10.2.